The number of rotatable bonds is 28. The number of cyclic esters (lactones) is 1. The van der Waals surface area contributed by atoms with Crippen molar-refractivity contribution in [1.29, 1.82) is 0 Å². The van der Waals surface area contributed by atoms with Gasteiger partial charge >= 0.3 is 11.9 Å². The summed E-state index contributed by atoms with van der Waals surface area (Å²) in [5.74, 6) is -1.88. The maximum atomic E-state index is 13.8. The van der Waals surface area contributed by atoms with E-state index in [1.54, 1.807) is 33.3 Å². The van der Waals surface area contributed by atoms with Gasteiger partial charge in [-0.2, -0.15) is 0 Å². The average molecular weight is 1010 g/mol. The van der Waals surface area contributed by atoms with Crippen molar-refractivity contribution in [2.24, 2.45) is 23.7 Å². The van der Waals surface area contributed by atoms with Crippen molar-refractivity contribution in [3.05, 3.63) is 87.5 Å². The third-order valence-electron chi connectivity index (χ3n) is 14.7. The topological polar surface area (TPSA) is 241 Å². The second-order valence-electron chi connectivity index (χ2n) is 19.4. The molecule has 0 spiro atoms. The van der Waals surface area contributed by atoms with Crippen LogP contribution in [0.15, 0.2) is 59.5 Å². The Hall–Kier alpha value is -6.48. The van der Waals surface area contributed by atoms with Crippen LogP contribution in [0, 0.1) is 23.7 Å². The predicted molar refractivity (Wildman–Crippen MR) is 260 cm³/mol. The number of allylic oxidation sites excluding steroid dienone is 2. The molecule has 20 heteroatoms. The lowest BCUT2D eigenvalue weighted by atomic mass is 9.85. The molecule has 73 heavy (non-hydrogen) atoms. The Morgan fingerprint density at radius 2 is 1.60 bits per heavy atom. The zero-order valence-electron chi connectivity index (χ0n) is 41.2. The molecule has 2 fully saturated rings. The van der Waals surface area contributed by atoms with Gasteiger partial charge in [-0.15, -0.1) is 5.10 Å². The molecular weight excluding hydrogens is 943 g/mol. The average Bonchev–Trinajstić information content (AvgIpc) is 4.24. The number of pyridine rings is 2. The lowest BCUT2D eigenvalue weighted by molar-refractivity contribution is -0.192. The van der Waals surface area contributed by atoms with Crippen LogP contribution in [0.25, 0.3) is 22.3 Å². The van der Waals surface area contributed by atoms with E-state index in [9.17, 15) is 33.6 Å². The van der Waals surface area contributed by atoms with Crippen molar-refractivity contribution < 1.29 is 57.6 Å². The van der Waals surface area contributed by atoms with Gasteiger partial charge in [0.25, 0.3) is 5.56 Å². The summed E-state index contributed by atoms with van der Waals surface area (Å²) in [5, 5.41) is 18.5. The Kier molecular flexibility index (Phi) is 16.3. The fraction of sp³-hybridized carbons (Fsp3) is 0.547. The van der Waals surface area contributed by atoms with Gasteiger partial charge in [0.2, 0.25) is 23.3 Å². The monoisotopic (exact) mass is 1010 g/mol. The van der Waals surface area contributed by atoms with E-state index < -0.39 is 24.1 Å². The van der Waals surface area contributed by atoms with Crippen LogP contribution >= 0.6 is 0 Å². The Morgan fingerprint density at radius 3 is 2.37 bits per heavy atom. The minimum absolute atomic E-state index is 0.0296. The molecule has 388 valence electrons. The predicted octanol–water partition coefficient (Wildman–Crippen LogP) is 3.79. The van der Waals surface area contributed by atoms with Crippen LogP contribution in [0.4, 0.5) is 0 Å². The number of hydrogen-bond donors (Lipinski definition) is 1. The molecule has 0 radical (unpaired) electrons. The first-order valence-corrected chi connectivity index (χ1v) is 25.6. The third-order valence-corrected chi connectivity index (χ3v) is 14.7. The van der Waals surface area contributed by atoms with Crippen LogP contribution in [-0.4, -0.2) is 134 Å². The summed E-state index contributed by atoms with van der Waals surface area (Å²) in [4.78, 5) is 100. The summed E-state index contributed by atoms with van der Waals surface area (Å²) >= 11 is 0. The summed E-state index contributed by atoms with van der Waals surface area (Å²) in [6, 6.07) is 11.4. The molecule has 0 unspecified atom stereocenters. The summed E-state index contributed by atoms with van der Waals surface area (Å²) in [6.07, 6.45) is 10.6. The van der Waals surface area contributed by atoms with Gasteiger partial charge in [-0.1, -0.05) is 55.3 Å². The van der Waals surface area contributed by atoms with Crippen LogP contribution in [0.2, 0.25) is 0 Å². The van der Waals surface area contributed by atoms with Crippen LogP contribution in [-0.2, 0) is 84.3 Å². The second-order valence-corrected chi connectivity index (χ2v) is 19.4. The quantitative estimate of drug-likeness (QED) is 0.0324. The molecule has 20 nitrogen and oxygen atoms in total. The number of carbonyl (C=O) groups excluding carboxylic acids is 6. The standard InChI is InChI=1S/C53H63N7O13/c1-2-53(41-28-43-48-37(26-34-10-5-6-12-42(34)54-48)29-60(43)49(65)40(41)32-72-52(53)68)73-45(64)33-71-25-24-70-23-22-69-21-19-58-31-38(55-56-58)30-57(44(63)16-15-39(62)11-9-20-61)17-7-3-4-8-18-59-50(66)46-35-13-14-36(27-35)47(46)51(59)67/h5-6,10,12-14,26,28,31,35-36,46-47,61H,2-4,7-9,11,15-25,27,29-30,32-33H2,1H3/t35-,36+,46+,47-,53-/m0/s1. The SMILES string of the molecule is CC[C@@]1(OC(=O)COCCOCCOCCn2cc(CN(CCCCCCN3C(=O)[C@@H]4[C@H](C3=O)[C@H]3C=C[C@@H]4C3)C(=O)CCC(=O)CCCO)nn2)C(=O)OCc2c1cc1n(c2=O)Cc2cc3ccccc3nc2-1. The smallest absolute Gasteiger partial charge is 0.355 e. The molecule has 9 rings (SSSR count). The number of fused-ring (bicyclic) bond motifs is 10. The van der Waals surface area contributed by atoms with Crippen molar-refractivity contribution in [1.82, 2.24) is 34.3 Å². The highest BCUT2D eigenvalue weighted by atomic mass is 16.6. The summed E-state index contributed by atoms with van der Waals surface area (Å²) < 4.78 is 31.4. The number of imide groups is 1. The van der Waals surface area contributed by atoms with Gasteiger partial charge in [0.15, 0.2) is 0 Å². The number of hydrogen-bond acceptors (Lipinski definition) is 16. The van der Waals surface area contributed by atoms with E-state index in [0.717, 1.165) is 35.7 Å². The van der Waals surface area contributed by atoms with Crippen LogP contribution in [0.3, 0.4) is 0 Å². The first-order chi connectivity index (χ1) is 35.5. The molecule has 1 aromatic carbocycles. The normalized spacial score (nSPS) is 21.1. The minimum Gasteiger partial charge on any atom is -0.457 e. The fourth-order valence-electron chi connectivity index (χ4n) is 11.0. The number of aliphatic hydroxyl groups is 1. The van der Waals surface area contributed by atoms with Crippen molar-refractivity contribution in [3.63, 3.8) is 0 Å². The number of para-hydroxylation sites is 1. The van der Waals surface area contributed by atoms with Crippen LogP contribution in [0.1, 0.15) is 93.5 Å². The Morgan fingerprint density at radius 1 is 0.863 bits per heavy atom. The van der Waals surface area contributed by atoms with Gasteiger partial charge in [-0.05, 0) is 62.1 Å². The maximum absolute atomic E-state index is 13.8. The van der Waals surface area contributed by atoms with Gasteiger partial charge in [0, 0.05) is 55.5 Å². The minimum atomic E-state index is -1.84. The van der Waals surface area contributed by atoms with Crippen molar-refractivity contribution in [2.45, 2.75) is 103 Å². The van der Waals surface area contributed by atoms with Gasteiger partial charge in [-0.25, -0.2) is 19.3 Å². The van der Waals surface area contributed by atoms with E-state index in [1.165, 1.54) is 4.90 Å². The molecule has 1 saturated carbocycles. The molecule has 5 atom stereocenters. The van der Waals surface area contributed by atoms with Gasteiger partial charge < -0.3 is 38.3 Å². The zero-order chi connectivity index (χ0) is 51.1. The number of nitrogens with zero attached hydrogens (tertiary/aromatic N) is 7. The molecule has 3 aliphatic heterocycles. The highest BCUT2D eigenvalue weighted by Gasteiger charge is 2.59. The number of likely N-dealkylation sites (tertiary alicyclic amines) is 1. The van der Waals surface area contributed by atoms with E-state index in [1.807, 2.05) is 30.3 Å². The van der Waals surface area contributed by atoms with E-state index >= 15 is 0 Å². The first-order valence-electron chi connectivity index (χ1n) is 25.6. The summed E-state index contributed by atoms with van der Waals surface area (Å²) in [6.45, 7) is 3.73. The Bertz CT molecular complexity index is 2790. The number of aliphatic hydroxyl groups excluding tert-OH is 1. The van der Waals surface area contributed by atoms with Crippen molar-refractivity contribution in [3.8, 4) is 11.4 Å². The molecule has 6 heterocycles. The first kappa shape index (κ1) is 51.4. The molecule has 3 aromatic heterocycles. The van der Waals surface area contributed by atoms with E-state index in [4.69, 9.17) is 33.8 Å². The number of Topliss-reactive ketones (excluding diaryl/α,β-unsaturated/α-hetero) is 1. The summed E-state index contributed by atoms with van der Waals surface area (Å²) in [5.41, 5.74) is 1.78. The van der Waals surface area contributed by atoms with Crippen LogP contribution < -0.4 is 5.56 Å². The molecular formula is C53H63N7O13. The van der Waals surface area contributed by atoms with Crippen molar-refractivity contribution in [2.75, 3.05) is 59.3 Å². The lowest BCUT2D eigenvalue weighted by Gasteiger charge is -2.35. The lowest BCUT2D eigenvalue weighted by Crippen LogP contribution is -2.48. The highest BCUT2D eigenvalue weighted by Crippen LogP contribution is 2.52. The third kappa shape index (κ3) is 11.1. The molecule has 4 aromatic rings. The highest BCUT2D eigenvalue weighted by molar-refractivity contribution is 6.06. The van der Waals surface area contributed by atoms with E-state index in [-0.39, 0.29) is 136 Å². The zero-order valence-corrected chi connectivity index (χ0v) is 41.2. The molecule has 5 aliphatic rings. The van der Waals surface area contributed by atoms with Crippen LogP contribution in [0.5, 0.6) is 0 Å². The Labute approximate surface area is 421 Å². The van der Waals surface area contributed by atoms with Gasteiger partial charge in [0.1, 0.15) is 24.7 Å². The van der Waals surface area contributed by atoms with Gasteiger partial charge in [-0.3, -0.25) is 28.9 Å². The molecule has 1 saturated heterocycles. The largest absolute Gasteiger partial charge is 0.457 e. The maximum Gasteiger partial charge on any atom is 0.355 e. The number of aromatic nitrogens is 5. The second kappa shape index (κ2) is 23.2. The number of carbonyl (C=O) groups is 6. The Balaban J connectivity index is 0.671. The van der Waals surface area contributed by atoms with Crippen molar-refractivity contribution >= 4 is 46.3 Å². The van der Waals surface area contributed by atoms with E-state index in [0.29, 0.717) is 69.1 Å². The molecule has 3 amide bonds. The fourth-order valence-corrected chi connectivity index (χ4v) is 11.0. The molecule has 2 bridgehead atoms. The molecule has 1 N–H and O–H groups in total. The number of amides is 3. The number of unbranched alkanes of at least 4 members (excludes halogenated alkanes) is 3. The number of ether oxygens (including phenoxy) is 5. The summed E-state index contributed by atoms with van der Waals surface area (Å²) in [7, 11) is 0. The van der Waals surface area contributed by atoms with Gasteiger partial charge in [0.05, 0.1) is 93.2 Å². The number of benzene rings is 1. The number of esters is 2. The molecule has 2 aliphatic carbocycles. The van der Waals surface area contributed by atoms with E-state index in [2.05, 4.69) is 22.5 Å². The number of ketones is 1.